The number of benzene rings is 2. The number of carbonyl (C=O) groups is 1. The van der Waals surface area contributed by atoms with Gasteiger partial charge < -0.3 is 14.8 Å². The summed E-state index contributed by atoms with van der Waals surface area (Å²) >= 11 is 0. The highest BCUT2D eigenvalue weighted by Gasteiger charge is 2.22. The van der Waals surface area contributed by atoms with Crippen molar-refractivity contribution in [1.82, 2.24) is 5.32 Å². The summed E-state index contributed by atoms with van der Waals surface area (Å²) in [6.45, 7) is 6.06. The van der Waals surface area contributed by atoms with E-state index in [2.05, 4.69) is 43.4 Å². The van der Waals surface area contributed by atoms with E-state index in [0.717, 1.165) is 12.0 Å². The van der Waals surface area contributed by atoms with Gasteiger partial charge in [-0.25, -0.2) is 0 Å². The van der Waals surface area contributed by atoms with Crippen LogP contribution in [0.5, 0.6) is 11.5 Å². The molecule has 0 aliphatic heterocycles. The first-order valence-electron chi connectivity index (χ1n) is 8.75. The first-order valence-corrected chi connectivity index (χ1v) is 8.75. The normalized spacial score (nSPS) is 13.0. The second-order valence-electron chi connectivity index (χ2n) is 6.07. The van der Waals surface area contributed by atoms with Crippen LogP contribution in [0.3, 0.4) is 0 Å². The van der Waals surface area contributed by atoms with Crippen LogP contribution >= 0.6 is 0 Å². The minimum atomic E-state index is -0.536. The molecule has 4 heteroatoms. The molecule has 2 aromatic carbocycles. The molecule has 134 valence electrons. The fraction of sp³-hybridized carbons (Fsp3) is 0.381. The molecule has 1 amide bonds. The van der Waals surface area contributed by atoms with Crippen molar-refractivity contribution in [2.75, 3.05) is 7.11 Å². The van der Waals surface area contributed by atoms with E-state index < -0.39 is 6.10 Å². The summed E-state index contributed by atoms with van der Waals surface area (Å²) in [5.41, 5.74) is 2.32. The average molecular weight is 341 g/mol. The maximum Gasteiger partial charge on any atom is 0.261 e. The molecule has 0 saturated carbocycles. The van der Waals surface area contributed by atoms with Crippen molar-refractivity contribution in [2.45, 2.75) is 45.8 Å². The molecule has 2 unspecified atom stereocenters. The molecule has 4 nitrogen and oxygen atoms in total. The Kier molecular flexibility index (Phi) is 6.87. The fourth-order valence-electron chi connectivity index (χ4n) is 2.65. The van der Waals surface area contributed by atoms with Crippen LogP contribution in [0, 0.1) is 6.92 Å². The Hall–Kier alpha value is -2.49. The molecule has 0 heterocycles. The summed E-state index contributed by atoms with van der Waals surface area (Å²) in [7, 11) is 1.61. The van der Waals surface area contributed by atoms with Crippen molar-refractivity contribution in [3.8, 4) is 11.5 Å². The van der Waals surface area contributed by atoms with Crippen LogP contribution in [0.15, 0.2) is 48.5 Å². The van der Waals surface area contributed by atoms with Crippen LogP contribution in [0.1, 0.15) is 43.9 Å². The maximum absolute atomic E-state index is 12.7. The third-order valence-electron chi connectivity index (χ3n) is 4.19. The van der Waals surface area contributed by atoms with E-state index in [9.17, 15) is 4.79 Å². The van der Waals surface area contributed by atoms with Gasteiger partial charge >= 0.3 is 0 Å². The minimum Gasteiger partial charge on any atom is -0.497 e. The monoisotopic (exact) mass is 341 g/mol. The standard InChI is InChI=1S/C21H27NO3/c1-5-19(16-12-10-15(3)11-13-16)22-21(23)20(6-2)25-18-9-7-8-17(14-18)24-4/h7-14,19-20H,5-6H2,1-4H3,(H,22,23). The van der Waals surface area contributed by atoms with Gasteiger partial charge in [0.1, 0.15) is 11.5 Å². The molecule has 2 aromatic rings. The zero-order chi connectivity index (χ0) is 18.2. The molecule has 0 saturated heterocycles. The highest BCUT2D eigenvalue weighted by atomic mass is 16.5. The zero-order valence-corrected chi connectivity index (χ0v) is 15.4. The second kappa shape index (κ2) is 9.11. The predicted molar refractivity (Wildman–Crippen MR) is 100 cm³/mol. The summed E-state index contributed by atoms with van der Waals surface area (Å²) < 4.78 is 11.1. The van der Waals surface area contributed by atoms with Crippen LogP contribution < -0.4 is 14.8 Å². The third kappa shape index (κ3) is 5.24. The topological polar surface area (TPSA) is 47.6 Å². The Balaban J connectivity index is 2.06. The van der Waals surface area contributed by atoms with Crippen LogP contribution in [0.2, 0.25) is 0 Å². The molecule has 0 spiro atoms. The number of aryl methyl sites for hydroxylation is 1. The summed E-state index contributed by atoms with van der Waals surface area (Å²) in [6.07, 6.45) is 0.879. The first kappa shape index (κ1) is 18.8. The fourth-order valence-corrected chi connectivity index (χ4v) is 2.65. The maximum atomic E-state index is 12.7. The second-order valence-corrected chi connectivity index (χ2v) is 6.07. The lowest BCUT2D eigenvalue weighted by Crippen LogP contribution is -2.39. The number of hydrogen-bond acceptors (Lipinski definition) is 3. The Morgan fingerprint density at radius 2 is 1.72 bits per heavy atom. The number of methoxy groups -OCH3 is 1. The lowest BCUT2D eigenvalue weighted by atomic mass is 10.0. The van der Waals surface area contributed by atoms with Crippen molar-refractivity contribution >= 4 is 5.91 Å². The van der Waals surface area contributed by atoms with E-state index in [1.165, 1.54) is 5.56 Å². The van der Waals surface area contributed by atoms with E-state index in [1.807, 2.05) is 25.1 Å². The molecule has 25 heavy (non-hydrogen) atoms. The van der Waals surface area contributed by atoms with Gasteiger partial charge in [0.2, 0.25) is 0 Å². The van der Waals surface area contributed by atoms with Crippen molar-refractivity contribution < 1.29 is 14.3 Å². The van der Waals surface area contributed by atoms with E-state index in [0.29, 0.717) is 17.9 Å². The van der Waals surface area contributed by atoms with Crippen LogP contribution in [0.25, 0.3) is 0 Å². The van der Waals surface area contributed by atoms with Gasteiger partial charge in [0, 0.05) is 6.07 Å². The summed E-state index contributed by atoms with van der Waals surface area (Å²) in [5.74, 6) is 1.24. The highest BCUT2D eigenvalue weighted by Crippen LogP contribution is 2.22. The average Bonchev–Trinajstić information content (AvgIpc) is 2.65. The lowest BCUT2D eigenvalue weighted by molar-refractivity contribution is -0.128. The highest BCUT2D eigenvalue weighted by molar-refractivity contribution is 5.81. The Morgan fingerprint density at radius 1 is 1.04 bits per heavy atom. The molecule has 0 aromatic heterocycles. The summed E-state index contributed by atoms with van der Waals surface area (Å²) in [5, 5.41) is 3.11. The number of rotatable bonds is 8. The molecular formula is C21H27NO3. The molecule has 1 N–H and O–H groups in total. The zero-order valence-electron chi connectivity index (χ0n) is 15.4. The molecule has 0 aliphatic carbocycles. The van der Waals surface area contributed by atoms with E-state index in [-0.39, 0.29) is 11.9 Å². The van der Waals surface area contributed by atoms with Crippen molar-refractivity contribution in [1.29, 1.82) is 0 Å². The van der Waals surface area contributed by atoms with Gasteiger partial charge in [0.15, 0.2) is 6.10 Å². The van der Waals surface area contributed by atoms with Gasteiger partial charge in [-0.2, -0.15) is 0 Å². The van der Waals surface area contributed by atoms with Crippen LogP contribution in [0.4, 0.5) is 0 Å². The quantitative estimate of drug-likeness (QED) is 0.773. The third-order valence-corrected chi connectivity index (χ3v) is 4.19. The van der Waals surface area contributed by atoms with Crippen molar-refractivity contribution in [2.24, 2.45) is 0 Å². The Morgan fingerprint density at radius 3 is 2.32 bits per heavy atom. The molecule has 2 atom stereocenters. The van der Waals surface area contributed by atoms with Gasteiger partial charge in [-0.15, -0.1) is 0 Å². The Bertz CT molecular complexity index is 682. The van der Waals surface area contributed by atoms with Crippen LogP contribution in [-0.2, 0) is 4.79 Å². The molecule has 2 rings (SSSR count). The number of nitrogens with one attached hydrogen (secondary N) is 1. The van der Waals surface area contributed by atoms with Crippen molar-refractivity contribution in [3.05, 3.63) is 59.7 Å². The minimum absolute atomic E-state index is 0.0175. The van der Waals surface area contributed by atoms with Gasteiger partial charge in [-0.1, -0.05) is 49.7 Å². The largest absolute Gasteiger partial charge is 0.497 e. The van der Waals surface area contributed by atoms with Gasteiger partial charge in [-0.05, 0) is 37.5 Å². The Labute approximate surface area is 150 Å². The summed E-state index contributed by atoms with van der Waals surface area (Å²) in [4.78, 5) is 12.7. The van der Waals surface area contributed by atoms with E-state index >= 15 is 0 Å². The SMILES string of the molecule is CCC(Oc1cccc(OC)c1)C(=O)NC(CC)c1ccc(C)cc1. The molecule has 0 radical (unpaired) electrons. The van der Waals surface area contributed by atoms with Gasteiger partial charge in [0.25, 0.3) is 5.91 Å². The molecule has 0 aliphatic rings. The molecule has 0 bridgehead atoms. The smallest absolute Gasteiger partial charge is 0.261 e. The number of amides is 1. The van der Waals surface area contributed by atoms with Crippen LogP contribution in [-0.4, -0.2) is 19.1 Å². The number of carbonyl (C=O) groups excluding carboxylic acids is 1. The van der Waals surface area contributed by atoms with E-state index in [1.54, 1.807) is 13.2 Å². The van der Waals surface area contributed by atoms with Gasteiger partial charge in [-0.3, -0.25) is 4.79 Å². The summed E-state index contributed by atoms with van der Waals surface area (Å²) in [6, 6.07) is 15.5. The molecular weight excluding hydrogens is 314 g/mol. The first-order chi connectivity index (χ1) is 12.1. The van der Waals surface area contributed by atoms with Crippen molar-refractivity contribution in [3.63, 3.8) is 0 Å². The molecule has 0 fully saturated rings. The lowest BCUT2D eigenvalue weighted by Gasteiger charge is -2.22. The number of ether oxygens (including phenoxy) is 2. The number of hydrogen-bond donors (Lipinski definition) is 1. The predicted octanol–water partition coefficient (Wildman–Crippen LogP) is 4.43. The van der Waals surface area contributed by atoms with E-state index in [4.69, 9.17) is 9.47 Å². The van der Waals surface area contributed by atoms with Gasteiger partial charge in [0.05, 0.1) is 13.2 Å².